The number of aryl methyl sites for hydroxylation is 1. The quantitative estimate of drug-likeness (QED) is 0.762. The van der Waals surface area contributed by atoms with Crippen LogP contribution < -0.4 is 10.1 Å². The largest absolute Gasteiger partial charge is 0.497 e. The van der Waals surface area contributed by atoms with Crippen molar-refractivity contribution in [2.45, 2.75) is 33.9 Å². The maximum Gasteiger partial charge on any atom is 0.244 e. The monoisotopic (exact) mass is 361 g/mol. The van der Waals surface area contributed by atoms with Crippen LogP contribution >= 0.6 is 11.6 Å². The second-order valence-corrected chi connectivity index (χ2v) is 6.62. The van der Waals surface area contributed by atoms with Crippen molar-refractivity contribution >= 4 is 23.6 Å². The molecule has 1 N–H and O–H groups in total. The van der Waals surface area contributed by atoms with Gasteiger partial charge in [-0.25, -0.2) is 0 Å². The van der Waals surface area contributed by atoms with E-state index in [1.165, 1.54) is 6.08 Å². The number of hydrogen-bond acceptors (Lipinski definition) is 3. The van der Waals surface area contributed by atoms with Crippen molar-refractivity contribution in [2.75, 3.05) is 7.11 Å². The van der Waals surface area contributed by atoms with Gasteiger partial charge in [0.15, 0.2) is 0 Å². The SMILES string of the molecule is COc1ccc(CNC(=O)/C=C/c2c(C)nn(CC(C)C)c2Cl)cc1. The zero-order chi connectivity index (χ0) is 18.4. The van der Waals surface area contributed by atoms with Crippen LogP contribution in [0.4, 0.5) is 0 Å². The van der Waals surface area contributed by atoms with E-state index >= 15 is 0 Å². The molecule has 0 fully saturated rings. The lowest BCUT2D eigenvalue weighted by Crippen LogP contribution is -2.20. The van der Waals surface area contributed by atoms with E-state index in [2.05, 4.69) is 24.3 Å². The highest BCUT2D eigenvalue weighted by atomic mass is 35.5. The molecule has 0 atom stereocenters. The molecule has 25 heavy (non-hydrogen) atoms. The standard InChI is InChI=1S/C19H24ClN3O2/c1-13(2)12-23-19(20)17(14(3)22-23)9-10-18(24)21-11-15-5-7-16(25-4)8-6-15/h5-10,13H,11-12H2,1-4H3,(H,21,24)/b10-9+. The van der Waals surface area contributed by atoms with Gasteiger partial charge < -0.3 is 10.1 Å². The van der Waals surface area contributed by atoms with Gasteiger partial charge in [-0.05, 0) is 36.6 Å². The molecule has 0 saturated carbocycles. The number of hydrogen-bond donors (Lipinski definition) is 1. The number of carbonyl (C=O) groups is 1. The summed E-state index contributed by atoms with van der Waals surface area (Å²) in [6, 6.07) is 7.56. The summed E-state index contributed by atoms with van der Waals surface area (Å²) < 4.78 is 6.89. The third-order valence-corrected chi connectivity index (χ3v) is 4.07. The van der Waals surface area contributed by atoms with Crippen LogP contribution in [0.25, 0.3) is 6.08 Å². The molecular formula is C19H24ClN3O2. The fourth-order valence-corrected chi connectivity index (χ4v) is 2.68. The molecule has 0 aliphatic carbocycles. The Hall–Kier alpha value is -2.27. The first-order chi connectivity index (χ1) is 11.9. The number of methoxy groups -OCH3 is 1. The smallest absolute Gasteiger partial charge is 0.244 e. The van der Waals surface area contributed by atoms with Gasteiger partial charge in [0.25, 0.3) is 0 Å². The number of aromatic nitrogens is 2. The highest BCUT2D eigenvalue weighted by molar-refractivity contribution is 6.31. The lowest BCUT2D eigenvalue weighted by atomic mass is 10.2. The van der Waals surface area contributed by atoms with E-state index < -0.39 is 0 Å². The van der Waals surface area contributed by atoms with Gasteiger partial charge in [-0.1, -0.05) is 37.6 Å². The molecule has 0 saturated heterocycles. The Bertz CT molecular complexity index is 749. The van der Waals surface area contributed by atoms with Crippen LogP contribution in [0.3, 0.4) is 0 Å². The summed E-state index contributed by atoms with van der Waals surface area (Å²) in [6.07, 6.45) is 3.20. The number of ether oxygens (including phenoxy) is 1. The molecule has 0 aliphatic heterocycles. The number of rotatable bonds is 7. The van der Waals surface area contributed by atoms with Crippen molar-refractivity contribution in [3.63, 3.8) is 0 Å². The fourth-order valence-electron chi connectivity index (χ4n) is 2.37. The van der Waals surface area contributed by atoms with Crippen LogP contribution in [0.5, 0.6) is 5.75 Å². The molecule has 134 valence electrons. The molecule has 1 aromatic carbocycles. The van der Waals surface area contributed by atoms with Crippen LogP contribution in [-0.2, 0) is 17.9 Å². The van der Waals surface area contributed by atoms with Crippen molar-refractivity contribution < 1.29 is 9.53 Å². The lowest BCUT2D eigenvalue weighted by molar-refractivity contribution is -0.116. The molecule has 0 bridgehead atoms. The molecular weight excluding hydrogens is 338 g/mol. The second-order valence-electron chi connectivity index (χ2n) is 6.27. The van der Waals surface area contributed by atoms with Crippen LogP contribution in [0.2, 0.25) is 5.15 Å². The van der Waals surface area contributed by atoms with Crippen LogP contribution in [0.1, 0.15) is 30.7 Å². The topological polar surface area (TPSA) is 56.1 Å². The average molecular weight is 362 g/mol. The van der Waals surface area contributed by atoms with E-state index in [0.717, 1.165) is 29.1 Å². The average Bonchev–Trinajstić information content (AvgIpc) is 2.84. The predicted octanol–water partition coefficient (Wildman–Crippen LogP) is 3.84. The van der Waals surface area contributed by atoms with Crippen molar-refractivity contribution in [3.05, 3.63) is 52.3 Å². The van der Waals surface area contributed by atoms with Crippen molar-refractivity contribution in [3.8, 4) is 5.75 Å². The fraction of sp³-hybridized carbons (Fsp3) is 0.368. The van der Waals surface area contributed by atoms with Gasteiger partial charge in [0, 0.05) is 24.7 Å². The summed E-state index contributed by atoms with van der Waals surface area (Å²) in [5, 5.41) is 7.84. The number of benzene rings is 1. The van der Waals surface area contributed by atoms with Crippen LogP contribution in [-0.4, -0.2) is 22.8 Å². The number of amides is 1. The molecule has 1 amide bonds. The van der Waals surface area contributed by atoms with Crippen molar-refractivity contribution in [1.29, 1.82) is 0 Å². The van der Waals surface area contributed by atoms with Gasteiger partial charge in [-0.2, -0.15) is 5.10 Å². The van der Waals surface area contributed by atoms with E-state index in [4.69, 9.17) is 16.3 Å². The van der Waals surface area contributed by atoms with Crippen molar-refractivity contribution in [1.82, 2.24) is 15.1 Å². The number of nitrogens with one attached hydrogen (secondary N) is 1. The highest BCUT2D eigenvalue weighted by Crippen LogP contribution is 2.22. The summed E-state index contributed by atoms with van der Waals surface area (Å²) >= 11 is 6.36. The second kappa shape index (κ2) is 8.72. The Morgan fingerprint density at radius 2 is 2.04 bits per heavy atom. The third kappa shape index (κ3) is 5.36. The lowest BCUT2D eigenvalue weighted by Gasteiger charge is -2.05. The maximum atomic E-state index is 12.0. The van der Waals surface area contributed by atoms with Crippen LogP contribution in [0.15, 0.2) is 30.3 Å². The predicted molar refractivity (Wildman–Crippen MR) is 101 cm³/mol. The minimum atomic E-state index is -0.178. The van der Waals surface area contributed by atoms with E-state index in [1.807, 2.05) is 31.2 Å². The normalized spacial score (nSPS) is 11.3. The molecule has 0 unspecified atom stereocenters. The first-order valence-corrected chi connectivity index (χ1v) is 8.60. The van der Waals surface area contributed by atoms with Gasteiger partial charge in [0.2, 0.25) is 5.91 Å². The first-order valence-electron chi connectivity index (χ1n) is 8.22. The molecule has 0 spiro atoms. The van der Waals surface area contributed by atoms with Crippen LogP contribution in [0, 0.1) is 12.8 Å². The minimum Gasteiger partial charge on any atom is -0.497 e. The summed E-state index contributed by atoms with van der Waals surface area (Å²) in [5.74, 6) is 1.06. The van der Waals surface area contributed by atoms with Crippen molar-refractivity contribution in [2.24, 2.45) is 5.92 Å². The van der Waals surface area contributed by atoms with E-state index in [1.54, 1.807) is 17.9 Å². The van der Waals surface area contributed by atoms with Gasteiger partial charge in [-0.15, -0.1) is 0 Å². The Balaban J connectivity index is 1.96. The number of nitrogens with zero attached hydrogens (tertiary/aromatic N) is 2. The van der Waals surface area contributed by atoms with Gasteiger partial charge in [0.05, 0.1) is 12.8 Å². The Morgan fingerprint density at radius 3 is 2.64 bits per heavy atom. The highest BCUT2D eigenvalue weighted by Gasteiger charge is 2.12. The molecule has 1 aromatic heterocycles. The van der Waals surface area contributed by atoms with E-state index in [0.29, 0.717) is 17.6 Å². The minimum absolute atomic E-state index is 0.178. The Kier molecular flexibility index (Phi) is 6.65. The maximum absolute atomic E-state index is 12.0. The van der Waals surface area contributed by atoms with Gasteiger partial charge in [0.1, 0.15) is 10.9 Å². The molecule has 0 aliphatic rings. The summed E-state index contributed by atoms with van der Waals surface area (Å²) in [6.45, 7) is 7.30. The van der Waals surface area contributed by atoms with E-state index in [-0.39, 0.29) is 5.91 Å². The summed E-state index contributed by atoms with van der Waals surface area (Å²) in [4.78, 5) is 12.0. The van der Waals surface area contributed by atoms with Gasteiger partial charge >= 0.3 is 0 Å². The third-order valence-electron chi connectivity index (χ3n) is 3.67. The summed E-state index contributed by atoms with van der Waals surface area (Å²) in [7, 11) is 1.62. The zero-order valence-corrected chi connectivity index (χ0v) is 15.8. The Labute approximate surface area is 153 Å². The molecule has 0 radical (unpaired) electrons. The number of carbonyl (C=O) groups excluding carboxylic acids is 1. The molecule has 2 rings (SSSR count). The molecule has 5 nitrogen and oxygen atoms in total. The first kappa shape index (κ1) is 19.1. The Morgan fingerprint density at radius 1 is 1.36 bits per heavy atom. The molecule has 6 heteroatoms. The van der Waals surface area contributed by atoms with E-state index in [9.17, 15) is 4.79 Å². The molecule has 1 heterocycles. The zero-order valence-electron chi connectivity index (χ0n) is 15.0. The number of halogens is 1. The summed E-state index contributed by atoms with van der Waals surface area (Å²) in [5.41, 5.74) is 2.59. The van der Waals surface area contributed by atoms with Gasteiger partial charge in [-0.3, -0.25) is 9.48 Å². The molecule has 2 aromatic rings.